The van der Waals surface area contributed by atoms with Gasteiger partial charge in [-0.05, 0) is 60.4 Å². The molecule has 6 rings (SSSR count). The Labute approximate surface area is 230 Å². The van der Waals surface area contributed by atoms with Crippen LogP contribution in [0.3, 0.4) is 0 Å². The molecule has 4 aromatic heterocycles. The van der Waals surface area contributed by atoms with Gasteiger partial charge >= 0.3 is 5.97 Å². The van der Waals surface area contributed by atoms with Gasteiger partial charge < -0.3 is 26.2 Å². The number of pyridine rings is 2. The molecular weight excluding hydrogens is 512 g/mol. The highest BCUT2D eigenvalue weighted by molar-refractivity contribution is 6.34. The Hall–Kier alpha value is -4.82. The van der Waals surface area contributed by atoms with Crippen LogP contribution in [0.15, 0.2) is 73.3 Å². The van der Waals surface area contributed by atoms with E-state index in [4.69, 9.17) is 27.8 Å². The number of anilines is 2. The van der Waals surface area contributed by atoms with Gasteiger partial charge in [-0.1, -0.05) is 35.9 Å². The van der Waals surface area contributed by atoms with E-state index in [9.17, 15) is 4.79 Å². The summed E-state index contributed by atoms with van der Waals surface area (Å²) < 4.78 is 4.76. The summed E-state index contributed by atoms with van der Waals surface area (Å²) in [5, 5.41) is 2.46. The van der Waals surface area contributed by atoms with Gasteiger partial charge in [-0.25, -0.2) is 14.8 Å². The molecular formula is C30H27ClN6O2. The number of benzene rings is 2. The van der Waals surface area contributed by atoms with Crippen molar-refractivity contribution < 1.29 is 9.53 Å². The first-order valence-corrected chi connectivity index (χ1v) is 12.6. The van der Waals surface area contributed by atoms with Gasteiger partial charge in [-0.15, -0.1) is 0 Å². The Bertz CT molecular complexity index is 1840. The third kappa shape index (κ3) is 4.66. The summed E-state index contributed by atoms with van der Waals surface area (Å²) in [5.74, 6) is -0.460. The Morgan fingerprint density at radius 3 is 1.85 bits per heavy atom. The standard InChI is InChI=1S/C16H15N3O2.C14H12ClN3/c1-9-10(4-3-5-13(9)17)12-8-19-15(16(20)21-2)14-11(12)6-7-18-14;1-8-9(3-2-4-12(8)16)11-7-18-14(15)13-10(11)5-6-17-13/h3-8,18H,17H2,1-2H3;2-7,17H,16H2,1H3. The van der Waals surface area contributed by atoms with Crippen LogP contribution in [0.5, 0.6) is 0 Å². The maximum absolute atomic E-state index is 11.8. The summed E-state index contributed by atoms with van der Waals surface area (Å²) in [4.78, 5) is 26.4. The number of nitrogens with zero attached hydrogens (tertiary/aromatic N) is 2. The lowest BCUT2D eigenvalue weighted by molar-refractivity contribution is 0.0596. The molecule has 0 aliphatic rings. The van der Waals surface area contributed by atoms with E-state index in [-0.39, 0.29) is 5.69 Å². The predicted molar refractivity (Wildman–Crippen MR) is 158 cm³/mol. The fraction of sp³-hybridized carbons (Fsp3) is 0.100. The van der Waals surface area contributed by atoms with Gasteiger partial charge in [0.1, 0.15) is 0 Å². The molecule has 0 amide bonds. The zero-order valence-electron chi connectivity index (χ0n) is 21.7. The fourth-order valence-corrected chi connectivity index (χ4v) is 4.85. The number of halogens is 1. The van der Waals surface area contributed by atoms with Crippen LogP contribution in [0.2, 0.25) is 5.15 Å². The molecule has 0 unspecified atom stereocenters. The maximum atomic E-state index is 11.8. The van der Waals surface area contributed by atoms with E-state index in [2.05, 4.69) is 19.9 Å². The average Bonchev–Trinajstić information content (AvgIpc) is 3.63. The summed E-state index contributed by atoms with van der Waals surface area (Å²) in [7, 11) is 1.34. The molecule has 0 saturated carbocycles. The number of ether oxygens (including phenoxy) is 1. The van der Waals surface area contributed by atoms with Crippen molar-refractivity contribution in [3.05, 3.63) is 95.3 Å². The largest absolute Gasteiger partial charge is 0.464 e. The number of carbonyl (C=O) groups is 1. The topological polar surface area (TPSA) is 136 Å². The molecule has 0 aliphatic carbocycles. The van der Waals surface area contributed by atoms with Gasteiger partial charge in [-0.2, -0.15) is 0 Å². The highest BCUT2D eigenvalue weighted by atomic mass is 35.5. The zero-order chi connectivity index (χ0) is 27.7. The fourth-order valence-electron chi connectivity index (χ4n) is 4.64. The van der Waals surface area contributed by atoms with Crippen molar-refractivity contribution in [2.45, 2.75) is 13.8 Å². The van der Waals surface area contributed by atoms with Crippen LogP contribution in [0.4, 0.5) is 11.4 Å². The minimum Gasteiger partial charge on any atom is -0.464 e. The van der Waals surface area contributed by atoms with Crippen molar-refractivity contribution in [2.75, 3.05) is 18.6 Å². The molecule has 0 saturated heterocycles. The lowest BCUT2D eigenvalue weighted by Gasteiger charge is -2.10. The summed E-state index contributed by atoms with van der Waals surface area (Å²) in [5.41, 5.74) is 21.4. The number of H-pyrrole nitrogens is 2. The number of fused-ring (bicyclic) bond motifs is 2. The first-order chi connectivity index (χ1) is 18.8. The van der Waals surface area contributed by atoms with Gasteiger partial charge in [0, 0.05) is 58.1 Å². The monoisotopic (exact) mass is 538 g/mol. The first kappa shape index (κ1) is 25.8. The Kier molecular flexibility index (Phi) is 6.96. The second-order valence-electron chi connectivity index (χ2n) is 9.05. The SMILES string of the molecule is COC(=O)c1ncc(-c2cccc(N)c2C)c2cc[nH]c12.Cc1c(N)cccc1-c1cnc(Cl)c2[nH]ccc12. The van der Waals surface area contributed by atoms with Crippen LogP contribution in [0.25, 0.3) is 44.1 Å². The number of rotatable bonds is 3. The molecule has 0 bridgehead atoms. The molecule has 8 nitrogen and oxygen atoms in total. The summed E-state index contributed by atoms with van der Waals surface area (Å²) in [6.45, 7) is 3.98. The van der Waals surface area contributed by atoms with Crippen LogP contribution in [-0.4, -0.2) is 33.0 Å². The van der Waals surface area contributed by atoms with Crippen LogP contribution in [-0.2, 0) is 4.74 Å². The highest BCUT2D eigenvalue weighted by Gasteiger charge is 2.17. The molecule has 39 heavy (non-hydrogen) atoms. The molecule has 196 valence electrons. The van der Waals surface area contributed by atoms with Crippen molar-refractivity contribution in [3.8, 4) is 22.3 Å². The second kappa shape index (κ2) is 10.5. The van der Waals surface area contributed by atoms with Crippen molar-refractivity contribution in [2.24, 2.45) is 0 Å². The van der Waals surface area contributed by atoms with E-state index in [1.165, 1.54) is 7.11 Å². The molecule has 0 spiro atoms. The van der Waals surface area contributed by atoms with E-state index in [0.29, 0.717) is 10.7 Å². The molecule has 0 radical (unpaired) electrons. The number of aromatic nitrogens is 4. The minimum absolute atomic E-state index is 0.280. The van der Waals surface area contributed by atoms with Crippen LogP contribution < -0.4 is 11.5 Å². The summed E-state index contributed by atoms with van der Waals surface area (Å²) in [6.07, 6.45) is 7.12. The van der Waals surface area contributed by atoms with Gasteiger partial charge in [-0.3, -0.25) is 0 Å². The zero-order valence-corrected chi connectivity index (χ0v) is 22.4. The number of aromatic amines is 2. The lowest BCUT2D eigenvalue weighted by atomic mass is 9.98. The Morgan fingerprint density at radius 1 is 0.769 bits per heavy atom. The summed E-state index contributed by atoms with van der Waals surface area (Å²) in [6, 6.07) is 15.6. The molecule has 4 heterocycles. The highest BCUT2D eigenvalue weighted by Crippen LogP contribution is 2.35. The third-order valence-corrected chi connectivity index (χ3v) is 7.14. The van der Waals surface area contributed by atoms with Gasteiger partial charge in [0.2, 0.25) is 0 Å². The van der Waals surface area contributed by atoms with E-state index in [0.717, 1.165) is 61.0 Å². The minimum atomic E-state index is -0.460. The number of nitrogens with one attached hydrogen (secondary N) is 2. The smallest absolute Gasteiger partial charge is 0.358 e. The number of hydrogen-bond acceptors (Lipinski definition) is 6. The van der Waals surface area contributed by atoms with E-state index in [1.807, 2.05) is 68.6 Å². The average molecular weight is 539 g/mol. The number of methoxy groups -OCH3 is 1. The predicted octanol–water partition coefficient (Wildman–Crippen LogP) is 6.68. The first-order valence-electron chi connectivity index (χ1n) is 12.2. The number of nitrogens with two attached hydrogens (primary N) is 2. The molecule has 0 aliphatic heterocycles. The van der Waals surface area contributed by atoms with E-state index >= 15 is 0 Å². The van der Waals surface area contributed by atoms with Crippen LogP contribution in [0, 0.1) is 13.8 Å². The Balaban J connectivity index is 0.000000160. The maximum Gasteiger partial charge on any atom is 0.358 e. The van der Waals surface area contributed by atoms with Gasteiger partial charge in [0.05, 0.1) is 18.1 Å². The van der Waals surface area contributed by atoms with Crippen molar-refractivity contribution in [3.63, 3.8) is 0 Å². The van der Waals surface area contributed by atoms with Gasteiger partial charge in [0.15, 0.2) is 10.8 Å². The number of nitrogen functional groups attached to an aromatic ring is 2. The quantitative estimate of drug-likeness (QED) is 0.113. The molecule has 2 aromatic carbocycles. The molecule has 9 heteroatoms. The summed E-state index contributed by atoms with van der Waals surface area (Å²) >= 11 is 6.06. The van der Waals surface area contributed by atoms with Crippen LogP contribution in [0.1, 0.15) is 21.6 Å². The van der Waals surface area contributed by atoms with Crippen molar-refractivity contribution in [1.29, 1.82) is 0 Å². The number of hydrogen-bond donors (Lipinski definition) is 4. The van der Waals surface area contributed by atoms with Crippen molar-refractivity contribution in [1.82, 2.24) is 19.9 Å². The van der Waals surface area contributed by atoms with Gasteiger partial charge in [0.25, 0.3) is 0 Å². The molecule has 6 aromatic rings. The normalized spacial score (nSPS) is 10.9. The second-order valence-corrected chi connectivity index (χ2v) is 9.41. The lowest BCUT2D eigenvalue weighted by Crippen LogP contribution is -2.05. The van der Waals surface area contributed by atoms with E-state index in [1.54, 1.807) is 18.6 Å². The van der Waals surface area contributed by atoms with Crippen molar-refractivity contribution >= 4 is 50.8 Å². The number of carbonyl (C=O) groups excluding carboxylic acids is 1. The number of esters is 1. The Morgan fingerprint density at radius 2 is 1.28 bits per heavy atom. The van der Waals surface area contributed by atoms with Crippen LogP contribution >= 0.6 is 11.6 Å². The third-order valence-electron chi connectivity index (χ3n) is 6.86. The molecule has 0 fully saturated rings. The van der Waals surface area contributed by atoms with E-state index < -0.39 is 5.97 Å². The molecule has 0 atom stereocenters. The molecule has 6 N–H and O–H groups in total.